The summed E-state index contributed by atoms with van der Waals surface area (Å²) in [6, 6.07) is 7.21. The van der Waals surface area contributed by atoms with Gasteiger partial charge in [0.1, 0.15) is 0 Å². The average molecular weight is 428 g/mol. The summed E-state index contributed by atoms with van der Waals surface area (Å²) < 4.78 is 1.80. The molecular weight excluding hydrogens is 402 g/mol. The van der Waals surface area contributed by atoms with Gasteiger partial charge in [0.2, 0.25) is 5.91 Å². The molecule has 2 aromatic rings. The van der Waals surface area contributed by atoms with Gasteiger partial charge in [-0.05, 0) is 57.5 Å². The molecule has 0 spiro atoms. The second-order valence-corrected chi connectivity index (χ2v) is 7.55. The number of nitrogens with zero attached hydrogens (tertiary/aromatic N) is 2. The highest BCUT2D eigenvalue weighted by molar-refractivity contribution is 6.30. The summed E-state index contributed by atoms with van der Waals surface area (Å²) in [5.74, 6) is -1.09. The Hall–Kier alpha value is -3.12. The van der Waals surface area contributed by atoms with E-state index in [1.165, 1.54) is 6.08 Å². The van der Waals surface area contributed by atoms with E-state index < -0.39 is 5.97 Å². The van der Waals surface area contributed by atoms with Crippen LogP contribution in [0.4, 0.5) is 0 Å². The van der Waals surface area contributed by atoms with Gasteiger partial charge in [0.05, 0.1) is 18.7 Å². The second-order valence-electron chi connectivity index (χ2n) is 7.11. The van der Waals surface area contributed by atoms with Crippen molar-refractivity contribution < 1.29 is 14.7 Å². The quantitative estimate of drug-likeness (QED) is 0.481. The zero-order valence-electron chi connectivity index (χ0n) is 17.6. The highest BCUT2D eigenvalue weighted by Crippen LogP contribution is 2.15. The molecule has 6 nitrogen and oxygen atoms in total. The Bertz CT molecular complexity index is 1020. The van der Waals surface area contributed by atoms with Gasteiger partial charge in [0, 0.05) is 28.1 Å². The number of carbonyl (C=O) groups is 2. The van der Waals surface area contributed by atoms with Crippen LogP contribution in [-0.4, -0.2) is 26.8 Å². The van der Waals surface area contributed by atoms with E-state index in [4.69, 9.17) is 16.7 Å². The van der Waals surface area contributed by atoms with Crippen molar-refractivity contribution in [2.24, 2.45) is 0 Å². The Labute approximate surface area is 181 Å². The van der Waals surface area contributed by atoms with E-state index in [1.54, 1.807) is 22.9 Å². The number of carboxylic acid groups (broad SMARTS) is 1. The van der Waals surface area contributed by atoms with E-state index in [0.29, 0.717) is 17.3 Å². The Morgan fingerprint density at radius 3 is 2.47 bits per heavy atom. The fourth-order valence-corrected chi connectivity index (χ4v) is 3.00. The fraction of sp³-hybridized carbons (Fsp3) is 0.261. The third-order valence-electron chi connectivity index (χ3n) is 4.49. The lowest BCUT2D eigenvalue weighted by molar-refractivity contribution is -0.136. The van der Waals surface area contributed by atoms with E-state index >= 15 is 0 Å². The molecule has 1 amide bonds. The number of allylic oxidation sites excluding steroid dienone is 4. The first-order chi connectivity index (χ1) is 14.2. The van der Waals surface area contributed by atoms with Gasteiger partial charge in [0.25, 0.3) is 0 Å². The van der Waals surface area contributed by atoms with Crippen LogP contribution >= 0.6 is 11.6 Å². The van der Waals surface area contributed by atoms with Crippen molar-refractivity contribution in [3.63, 3.8) is 0 Å². The predicted molar refractivity (Wildman–Crippen MR) is 119 cm³/mol. The van der Waals surface area contributed by atoms with Crippen LogP contribution in [0.2, 0.25) is 5.02 Å². The summed E-state index contributed by atoms with van der Waals surface area (Å²) in [6.07, 6.45) is 6.89. The number of hydrogen-bond acceptors (Lipinski definition) is 3. The number of aromatic nitrogens is 2. The van der Waals surface area contributed by atoms with Gasteiger partial charge in [-0.2, -0.15) is 5.10 Å². The summed E-state index contributed by atoms with van der Waals surface area (Å²) in [5, 5.41) is 16.9. The number of halogens is 1. The van der Waals surface area contributed by atoms with Crippen LogP contribution in [-0.2, 0) is 22.6 Å². The summed E-state index contributed by atoms with van der Waals surface area (Å²) >= 11 is 5.85. The summed E-state index contributed by atoms with van der Waals surface area (Å²) in [7, 11) is 0. The minimum absolute atomic E-state index is 0.0327. The highest BCUT2D eigenvalue weighted by Gasteiger charge is 2.14. The van der Waals surface area contributed by atoms with Crippen molar-refractivity contribution >= 4 is 29.6 Å². The van der Waals surface area contributed by atoms with Crippen molar-refractivity contribution in [1.29, 1.82) is 0 Å². The van der Waals surface area contributed by atoms with Crippen molar-refractivity contribution in [2.45, 2.75) is 40.7 Å². The third kappa shape index (κ3) is 7.04. The van der Waals surface area contributed by atoms with Crippen molar-refractivity contribution in [2.75, 3.05) is 0 Å². The summed E-state index contributed by atoms with van der Waals surface area (Å²) in [6.45, 7) is 8.00. The summed E-state index contributed by atoms with van der Waals surface area (Å²) in [4.78, 5) is 23.1. The highest BCUT2D eigenvalue weighted by atomic mass is 35.5. The van der Waals surface area contributed by atoms with Crippen LogP contribution in [0.1, 0.15) is 36.4 Å². The smallest absolute Gasteiger partial charge is 0.307 e. The minimum Gasteiger partial charge on any atom is -0.481 e. The van der Waals surface area contributed by atoms with Gasteiger partial charge in [-0.15, -0.1) is 0 Å². The minimum atomic E-state index is -0.868. The number of aryl methyl sites for hydroxylation is 1. The number of carboxylic acids is 1. The Kier molecular flexibility index (Phi) is 8.18. The van der Waals surface area contributed by atoms with Gasteiger partial charge in [0.15, 0.2) is 0 Å². The lowest BCUT2D eigenvalue weighted by atomic mass is 10.1. The first-order valence-corrected chi connectivity index (χ1v) is 9.87. The molecule has 1 heterocycles. The molecule has 158 valence electrons. The monoisotopic (exact) mass is 427 g/mol. The van der Waals surface area contributed by atoms with Gasteiger partial charge in [-0.25, -0.2) is 0 Å². The van der Waals surface area contributed by atoms with Gasteiger partial charge >= 0.3 is 5.97 Å². The second kappa shape index (κ2) is 10.6. The zero-order chi connectivity index (χ0) is 22.3. The molecule has 2 N–H and O–H groups in total. The largest absolute Gasteiger partial charge is 0.481 e. The Balaban J connectivity index is 1.97. The number of nitrogens with one attached hydrogen (secondary N) is 1. The maximum Gasteiger partial charge on any atom is 0.307 e. The average Bonchev–Trinajstić information content (AvgIpc) is 2.93. The first kappa shape index (κ1) is 23.2. The van der Waals surface area contributed by atoms with Gasteiger partial charge < -0.3 is 10.4 Å². The normalized spacial score (nSPS) is 12.4. The molecule has 0 aliphatic carbocycles. The van der Waals surface area contributed by atoms with E-state index in [0.717, 1.165) is 28.1 Å². The van der Waals surface area contributed by atoms with Crippen LogP contribution in [0.25, 0.3) is 6.08 Å². The van der Waals surface area contributed by atoms with Crippen LogP contribution in [0.5, 0.6) is 0 Å². The van der Waals surface area contributed by atoms with E-state index in [2.05, 4.69) is 10.4 Å². The number of rotatable bonds is 8. The Morgan fingerprint density at radius 2 is 1.83 bits per heavy atom. The predicted octanol–water partition coefficient (Wildman–Crippen LogP) is 4.46. The van der Waals surface area contributed by atoms with Crippen molar-refractivity contribution in [1.82, 2.24) is 15.1 Å². The lowest BCUT2D eigenvalue weighted by Crippen LogP contribution is -2.18. The third-order valence-corrected chi connectivity index (χ3v) is 4.75. The molecule has 0 aliphatic heterocycles. The molecule has 0 bridgehead atoms. The molecule has 0 unspecified atom stereocenters. The van der Waals surface area contributed by atoms with Crippen molar-refractivity contribution in [3.05, 3.63) is 81.3 Å². The molecular formula is C23H26ClN3O3. The van der Waals surface area contributed by atoms with Gasteiger partial charge in [-0.3, -0.25) is 14.3 Å². The molecule has 0 atom stereocenters. The maximum atomic E-state index is 12.1. The SMILES string of the molecule is C/C(=C\C=C(/C)NC(=O)/C=C/c1ccc(Cl)cc1)Cn1nc(C)c(CC(=O)O)c1C. The lowest BCUT2D eigenvalue weighted by Gasteiger charge is -2.06. The molecule has 2 rings (SSSR count). The molecule has 1 aromatic heterocycles. The molecule has 0 fully saturated rings. The molecule has 30 heavy (non-hydrogen) atoms. The van der Waals surface area contributed by atoms with E-state index in [9.17, 15) is 9.59 Å². The number of benzene rings is 1. The standard InChI is InChI=1S/C23H26ClN3O3/c1-15(14-27-18(4)21(13-23(29)30)17(3)26-27)5-6-16(2)25-22(28)12-9-19-7-10-20(24)11-8-19/h5-12H,13-14H2,1-4H3,(H,25,28)(H,29,30)/b12-9+,15-5+,16-6+. The van der Waals surface area contributed by atoms with Gasteiger partial charge in [-0.1, -0.05) is 35.4 Å². The number of carbonyl (C=O) groups excluding carboxylic acids is 1. The number of amides is 1. The van der Waals surface area contributed by atoms with E-state index in [1.807, 2.05) is 52.0 Å². The first-order valence-electron chi connectivity index (χ1n) is 9.49. The molecule has 1 aromatic carbocycles. The number of hydrogen-bond donors (Lipinski definition) is 2. The Morgan fingerprint density at radius 1 is 1.17 bits per heavy atom. The van der Waals surface area contributed by atoms with Crippen LogP contribution in [0, 0.1) is 13.8 Å². The molecule has 0 saturated carbocycles. The van der Waals surface area contributed by atoms with Crippen molar-refractivity contribution in [3.8, 4) is 0 Å². The summed E-state index contributed by atoms with van der Waals surface area (Å²) in [5.41, 5.74) is 4.95. The number of aliphatic carboxylic acids is 1. The zero-order valence-corrected chi connectivity index (χ0v) is 18.3. The topological polar surface area (TPSA) is 84.2 Å². The molecule has 0 aliphatic rings. The van der Waals surface area contributed by atoms with Crippen LogP contribution in [0.3, 0.4) is 0 Å². The van der Waals surface area contributed by atoms with Crippen LogP contribution < -0.4 is 5.32 Å². The van der Waals surface area contributed by atoms with Crippen LogP contribution in [0.15, 0.2) is 53.8 Å². The molecule has 0 radical (unpaired) electrons. The maximum absolute atomic E-state index is 12.1. The molecule has 7 heteroatoms. The fourth-order valence-electron chi connectivity index (χ4n) is 2.87. The molecule has 0 saturated heterocycles. The van der Waals surface area contributed by atoms with E-state index in [-0.39, 0.29) is 12.3 Å².